The zero-order valence-electron chi connectivity index (χ0n) is 19.4. The van der Waals surface area contributed by atoms with Gasteiger partial charge >= 0.3 is 0 Å². The lowest BCUT2D eigenvalue weighted by atomic mass is 9.91. The smallest absolute Gasteiger partial charge is 0.258 e. The maximum Gasteiger partial charge on any atom is 0.258 e. The highest BCUT2D eigenvalue weighted by Crippen LogP contribution is 2.36. The minimum Gasteiger partial charge on any atom is -0.305 e. The SMILES string of the molecule is C[C@H]1Cc2cc(S(=O)(=O)N3CCC(Cc4ccccc4)CC3)ccc2N1C(=O)c1ccccc1. The molecule has 6 heteroatoms. The van der Waals surface area contributed by atoms with Crippen LogP contribution in [-0.4, -0.2) is 37.8 Å². The van der Waals surface area contributed by atoms with Gasteiger partial charge in [0.25, 0.3) is 5.91 Å². The summed E-state index contributed by atoms with van der Waals surface area (Å²) in [5.41, 5.74) is 3.67. The van der Waals surface area contributed by atoms with Gasteiger partial charge in [-0.1, -0.05) is 48.5 Å². The van der Waals surface area contributed by atoms with E-state index in [0.29, 0.717) is 35.9 Å². The van der Waals surface area contributed by atoms with Crippen LogP contribution in [0.5, 0.6) is 0 Å². The zero-order chi connectivity index (χ0) is 23.7. The quantitative estimate of drug-likeness (QED) is 0.527. The second-order valence-corrected chi connectivity index (χ2v) is 11.4. The van der Waals surface area contributed by atoms with Crippen molar-refractivity contribution in [1.29, 1.82) is 0 Å². The first-order valence-corrected chi connectivity index (χ1v) is 13.4. The molecule has 5 rings (SSSR count). The summed E-state index contributed by atoms with van der Waals surface area (Å²) in [4.78, 5) is 15.2. The van der Waals surface area contributed by atoms with Crippen molar-refractivity contribution in [2.24, 2.45) is 5.92 Å². The van der Waals surface area contributed by atoms with Gasteiger partial charge in [0.1, 0.15) is 0 Å². The molecule has 1 fully saturated rings. The van der Waals surface area contributed by atoms with Gasteiger partial charge in [-0.3, -0.25) is 4.79 Å². The van der Waals surface area contributed by atoms with Crippen LogP contribution in [0.25, 0.3) is 0 Å². The van der Waals surface area contributed by atoms with E-state index in [4.69, 9.17) is 0 Å². The van der Waals surface area contributed by atoms with Crippen LogP contribution >= 0.6 is 0 Å². The van der Waals surface area contributed by atoms with Crippen molar-refractivity contribution in [3.8, 4) is 0 Å². The fraction of sp³-hybridized carbons (Fsp3) is 0.321. The van der Waals surface area contributed by atoms with Gasteiger partial charge in [0, 0.05) is 30.4 Å². The highest BCUT2D eigenvalue weighted by molar-refractivity contribution is 7.89. The maximum absolute atomic E-state index is 13.4. The summed E-state index contributed by atoms with van der Waals surface area (Å²) in [6.07, 6.45) is 3.39. The molecule has 1 saturated heterocycles. The lowest BCUT2D eigenvalue weighted by Gasteiger charge is -2.31. The van der Waals surface area contributed by atoms with E-state index in [1.807, 2.05) is 43.3 Å². The summed E-state index contributed by atoms with van der Waals surface area (Å²) in [5, 5.41) is 0. The standard InChI is InChI=1S/C28H30N2O3S/c1-21-18-25-20-26(12-13-27(25)30(21)28(31)24-10-6-3-7-11-24)34(32,33)29-16-14-23(15-17-29)19-22-8-4-2-5-9-22/h2-13,20-21,23H,14-19H2,1H3/t21-/m0/s1. The molecule has 3 aromatic carbocycles. The molecular formula is C28H30N2O3S. The molecule has 0 aliphatic carbocycles. The van der Waals surface area contributed by atoms with Crippen molar-refractivity contribution in [3.63, 3.8) is 0 Å². The summed E-state index contributed by atoms with van der Waals surface area (Å²) < 4.78 is 28.5. The molecule has 3 aromatic rings. The normalized spacial score (nSPS) is 19.2. The van der Waals surface area contributed by atoms with Crippen LogP contribution in [0.3, 0.4) is 0 Å². The van der Waals surface area contributed by atoms with Crippen molar-refractivity contribution in [3.05, 3.63) is 95.6 Å². The third kappa shape index (κ3) is 4.40. The van der Waals surface area contributed by atoms with E-state index >= 15 is 0 Å². The predicted octanol–water partition coefficient (Wildman–Crippen LogP) is 4.92. The molecule has 0 saturated carbocycles. The van der Waals surface area contributed by atoms with Gasteiger partial charge in [-0.25, -0.2) is 8.42 Å². The minimum atomic E-state index is -3.56. The molecule has 1 amide bonds. The van der Waals surface area contributed by atoms with E-state index < -0.39 is 10.0 Å². The highest BCUT2D eigenvalue weighted by atomic mass is 32.2. The van der Waals surface area contributed by atoms with Crippen LogP contribution in [-0.2, 0) is 22.9 Å². The number of hydrogen-bond acceptors (Lipinski definition) is 3. The van der Waals surface area contributed by atoms with Gasteiger partial charge in [-0.15, -0.1) is 0 Å². The molecule has 5 nitrogen and oxygen atoms in total. The second-order valence-electron chi connectivity index (χ2n) is 9.42. The Hall–Kier alpha value is -2.96. The van der Waals surface area contributed by atoms with Crippen LogP contribution in [0.1, 0.15) is 41.3 Å². The predicted molar refractivity (Wildman–Crippen MR) is 134 cm³/mol. The molecule has 1 atom stereocenters. The van der Waals surface area contributed by atoms with E-state index in [9.17, 15) is 13.2 Å². The third-order valence-corrected chi connectivity index (χ3v) is 8.98. The van der Waals surface area contributed by atoms with Crippen molar-refractivity contribution in [1.82, 2.24) is 4.31 Å². The summed E-state index contributed by atoms with van der Waals surface area (Å²) >= 11 is 0. The van der Waals surface area contributed by atoms with E-state index in [0.717, 1.165) is 30.5 Å². The Balaban J connectivity index is 1.30. The molecule has 0 spiro atoms. The van der Waals surface area contributed by atoms with Crippen LogP contribution in [0.15, 0.2) is 83.8 Å². The van der Waals surface area contributed by atoms with E-state index in [1.54, 1.807) is 27.4 Å². The number of hydrogen-bond donors (Lipinski definition) is 0. The highest BCUT2D eigenvalue weighted by Gasteiger charge is 2.34. The lowest BCUT2D eigenvalue weighted by Crippen LogP contribution is -2.38. The summed E-state index contributed by atoms with van der Waals surface area (Å²) in [6, 6.07) is 24.8. The second kappa shape index (κ2) is 9.35. The van der Waals surface area contributed by atoms with E-state index in [-0.39, 0.29) is 11.9 Å². The van der Waals surface area contributed by atoms with Crippen LogP contribution in [0, 0.1) is 5.92 Å². The van der Waals surface area contributed by atoms with E-state index in [1.165, 1.54) is 5.56 Å². The lowest BCUT2D eigenvalue weighted by molar-refractivity contribution is 0.0981. The van der Waals surface area contributed by atoms with Crippen LogP contribution < -0.4 is 4.90 Å². The van der Waals surface area contributed by atoms with Gasteiger partial charge in [-0.2, -0.15) is 4.31 Å². The molecular weight excluding hydrogens is 444 g/mol. The number of amides is 1. The largest absolute Gasteiger partial charge is 0.305 e. The number of benzene rings is 3. The number of anilines is 1. The van der Waals surface area contributed by atoms with Gasteiger partial charge in [-0.05, 0) is 80.0 Å². The Morgan fingerprint density at radius 3 is 2.24 bits per heavy atom. The number of carbonyl (C=O) groups is 1. The first-order chi connectivity index (χ1) is 16.4. The number of fused-ring (bicyclic) bond motifs is 1. The van der Waals surface area contributed by atoms with Gasteiger partial charge in [0.2, 0.25) is 10.0 Å². The van der Waals surface area contributed by atoms with Gasteiger partial charge in [0.15, 0.2) is 0 Å². The monoisotopic (exact) mass is 474 g/mol. The molecule has 0 aromatic heterocycles. The topological polar surface area (TPSA) is 57.7 Å². The summed E-state index contributed by atoms with van der Waals surface area (Å²) in [7, 11) is -3.56. The molecule has 0 N–H and O–H groups in total. The van der Waals surface area contributed by atoms with Crippen molar-refractivity contribution in [2.45, 2.75) is 43.5 Å². The molecule has 2 heterocycles. The number of sulfonamides is 1. The Morgan fingerprint density at radius 2 is 1.56 bits per heavy atom. The third-order valence-electron chi connectivity index (χ3n) is 7.08. The Bertz CT molecular complexity index is 1270. The molecule has 0 unspecified atom stereocenters. The van der Waals surface area contributed by atoms with Crippen molar-refractivity contribution < 1.29 is 13.2 Å². The first kappa shape index (κ1) is 22.8. The number of carbonyl (C=O) groups excluding carboxylic acids is 1. The maximum atomic E-state index is 13.4. The summed E-state index contributed by atoms with van der Waals surface area (Å²) in [5.74, 6) is 0.454. The first-order valence-electron chi connectivity index (χ1n) is 12.0. The fourth-order valence-corrected chi connectivity index (χ4v) is 6.77. The fourth-order valence-electron chi connectivity index (χ4n) is 5.25. The molecule has 0 radical (unpaired) electrons. The average molecular weight is 475 g/mol. The van der Waals surface area contributed by atoms with Crippen molar-refractivity contribution >= 4 is 21.6 Å². The van der Waals surface area contributed by atoms with Gasteiger partial charge in [0.05, 0.1) is 4.90 Å². The molecule has 0 bridgehead atoms. The zero-order valence-corrected chi connectivity index (χ0v) is 20.2. The number of piperidine rings is 1. The Morgan fingerprint density at radius 1 is 0.912 bits per heavy atom. The van der Waals surface area contributed by atoms with Crippen molar-refractivity contribution in [2.75, 3.05) is 18.0 Å². The van der Waals surface area contributed by atoms with Gasteiger partial charge < -0.3 is 4.90 Å². The number of nitrogens with zero attached hydrogens (tertiary/aromatic N) is 2. The Labute approximate surface area is 202 Å². The molecule has 2 aliphatic heterocycles. The molecule has 34 heavy (non-hydrogen) atoms. The van der Waals surface area contributed by atoms with E-state index in [2.05, 4.69) is 24.3 Å². The number of rotatable bonds is 5. The average Bonchev–Trinajstić information content (AvgIpc) is 3.20. The molecule has 2 aliphatic rings. The summed E-state index contributed by atoms with van der Waals surface area (Å²) in [6.45, 7) is 3.10. The molecule has 176 valence electrons. The Kier molecular flexibility index (Phi) is 6.28. The van der Waals surface area contributed by atoms with Crippen LogP contribution in [0.4, 0.5) is 5.69 Å². The minimum absolute atomic E-state index is 0.0191. The van der Waals surface area contributed by atoms with Crippen LogP contribution in [0.2, 0.25) is 0 Å².